The van der Waals surface area contributed by atoms with E-state index in [1.165, 1.54) is 5.56 Å². The van der Waals surface area contributed by atoms with Gasteiger partial charge in [0, 0.05) is 21.1 Å². The molecule has 1 aromatic rings. The Morgan fingerprint density at radius 2 is 1.56 bits per heavy atom. The summed E-state index contributed by atoms with van der Waals surface area (Å²) in [5.41, 5.74) is 2.48. The summed E-state index contributed by atoms with van der Waals surface area (Å²) in [7, 11) is 0. The van der Waals surface area contributed by atoms with E-state index in [0.29, 0.717) is 0 Å². The van der Waals surface area contributed by atoms with Crippen LogP contribution in [0.3, 0.4) is 0 Å². The predicted octanol–water partition coefficient (Wildman–Crippen LogP) is 3.16. The zero-order chi connectivity index (χ0) is 11.9. The van der Waals surface area contributed by atoms with Crippen LogP contribution in [-0.2, 0) is 33.1 Å². The number of hydrogen-bond donors (Lipinski definition) is 2. The van der Waals surface area contributed by atoms with Crippen LogP contribution in [-0.4, -0.2) is 10.2 Å². The fraction of sp³-hybridized carbons (Fsp3) is 0.385. The Labute approximate surface area is 112 Å². The zero-order valence-corrected chi connectivity index (χ0v) is 13.0. The van der Waals surface area contributed by atoms with E-state index in [2.05, 4.69) is 39.5 Å². The van der Waals surface area contributed by atoms with Crippen LogP contribution in [0.5, 0.6) is 0 Å². The quantitative estimate of drug-likeness (QED) is 0.722. The van der Waals surface area contributed by atoms with Gasteiger partial charge in [-0.2, -0.15) is 0 Å². The maximum absolute atomic E-state index is 8.83. The summed E-state index contributed by atoms with van der Waals surface area (Å²) in [5, 5.41) is 16.2. The summed E-state index contributed by atoms with van der Waals surface area (Å²) in [5.74, 6) is 0. The molecule has 0 aliphatic heterocycles. The van der Waals surface area contributed by atoms with Gasteiger partial charge in [-0.1, -0.05) is 51.6 Å². The van der Waals surface area contributed by atoms with Crippen LogP contribution < -0.4 is 0 Å². The zero-order valence-electron chi connectivity index (χ0n) is 10.1. The van der Waals surface area contributed by atoms with E-state index in [1.54, 1.807) is 0 Å². The SMILES string of the molecule is C=CO.CC(C)(C)c1ccc(CO)cc1.[W]. The summed E-state index contributed by atoms with van der Waals surface area (Å²) in [6, 6.07) is 8.10. The van der Waals surface area contributed by atoms with Gasteiger partial charge in [0.2, 0.25) is 0 Å². The van der Waals surface area contributed by atoms with E-state index in [4.69, 9.17) is 10.2 Å². The van der Waals surface area contributed by atoms with Gasteiger partial charge in [-0.05, 0) is 16.5 Å². The third-order valence-corrected chi connectivity index (χ3v) is 2.00. The van der Waals surface area contributed by atoms with Crippen molar-refractivity contribution < 1.29 is 31.3 Å². The Morgan fingerprint density at radius 1 is 1.19 bits per heavy atom. The fourth-order valence-electron chi connectivity index (χ4n) is 1.11. The van der Waals surface area contributed by atoms with Gasteiger partial charge in [0.1, 0.15) is 0 Å². The summed E-state index contributed by atoms with van der Waals surface area (Å²) in [4.78, 5) is 0. The van der Waals surface area contributed by atoms with Crippen molar-refractivity contribution in [1.82, 2.24) is 0 Å². The van der Waals surface area contributed by atoms with Crippen molar-refractivity contribution in [3.63, 3.8) is 0 Å². The largest absolute Gasteiger partial charge is 0.516 e. The average Bonchev–Trinajstić information content (AvgIpc) is 2.18. The van der Waals surface area contributed by atoms with Crippen molar-refractivity contribution in [2.75, 3.05) is 0 Å². The molecule has 16 heavy (non-hydrogen) atoms. The molecule has 90 valence electrons. The van der Waals surface area contributed by atoms with E-state index in [9.17, 15) is 0 Å². The smallest absolute Gasteiger partial charge is 0.0719 e. The molecule has 0 unspecified atom stereocenters. The number of aliphatic hydroxyl groups excluding tert-OH is 2. The molecule has 0 spiro atoms. The van der Waals surface area contributed by atoms with Crippen LogP contribution in [0.25, 0.3) is 0 Å². The Balaban J connectivity index is 0. The molecule has 0 atom stereocenters. The third kappa shape index (κ3) is 6.81. The second kappa shape index (κ2) is 8.55. The third-order valence-electron chi connectivity index (χ3n) is 2.00. The molecule has 0 aromatic heterocycles. The maximum Gasteiger partial charge on any atom is 0.0719 e. The molecule has 0 heterocycles. The van der Waals surface area contributed by atoms with Gasteiger partial charge >= 0.3 is 0 Å². The molecule has 3 heteroatoms. The summed E-state index contributed by atoms with van der Waals surface area (Å²) in [6.45, 7) is 9.59. The van der Waals surface area contributed by atoms with Gasteiger partial charge in [-0.3, -0.25) is 0 Å². The van der Waals surface area contributed by atoms with Gasteiger partial charge in [0.05, 0.1) is 12.9 Å². The Bertz CT molecular complexity index is 286. The molecule has 0 saturated carbocycles. The normalized spacial score (nSPS) is 9.50. The van der Waals surface area contributed by atoms with Gasteiger partial charge < -0.3 is 10.2 Å². The molecular weight excluding hydrogens is 372 g/mol. The first kappa shape index (κ1) is 17.8. The molecule has 1 rings (SSSR count). The van der Waals surface area contributed by atoms with Crippen molar-refractivity contribution >= 4 is 0 Å². The first-order chi connectivity index (χ1) is 6.95. The molecule has 0 amide bonds. The molecule has 0 fully saturated rings. The Kier molecular flexibility index (Phi) is 9.51. The second-order valence-electron chi connectivity index (χ2n) is 4.29. The Morgan fingerprint density at radius 3 is 1.81 bits per heavy atom. The van der Waals surface area contributed by atoms with Crippen LogP contribution >= 0.6 is 0 Å². The first-order valence-electron chi connectivity index (χ1n) is 4.91. The predicted molar refractivity (Wildman–Crippen MR) is 63.9 cm³/mol. The topological polar surface area (TPSA) is 40.5 Å². The number of benzene rings is 1. The standard InChI is InChI=1S/C11H16O.C2H4O.W/c1-11(2,3)10-6-4-9(8-12)5-7-10;1-2-3;/h4-7,12H,8H2,1-3H3;2-3H,1H2;. The molecule has 1 aromatic carbocycles. The van der Waals surface area contributed by atoms with E-state index in [1.807, 2.05) is 12.1 Å². The number of rotatable bonds is 1. The van der Waals surface area contributed by atoms with E-state index in [0.717, 1.165) is 11.8 Å². The molecular formula is C13H20O2W. The minimum absolute atomic E-state index is 0. The van der Waals surface area contributed by atoms with Crippen molar-refractivity contribution in [2.45, 2.75) is 32.8 Å². The summed E-state index contributed by atoms with van der Waals surface area (Å²) < 4.78 is 0. The van der Waals surface area contributed by atoms with Crippen LogP contribution in [0.2, 0.25) is 0 Å². The van der Waals surface area contributed by atoms with Crippen molar-refractivity contribution in [3.05, 3.63) is 48.2 Å². The monoisotopic (exact) mass is 392 g/mol. The van der Waals surface area contributed by atoms with Crippen LogP contribution in [0.15, 0.2) is 37.1 Å². The van der Waals surface area contributed by atoms with E-state index in [-0.39, 0.29) is 33.1 Å². The van der Waals surface area contributed by atoms with Crippen LogP contribution in [0.4, 0.5) is 0 Å². The van der Waals surface area contributed by atoms with Gasteiger partial charge in [0.25, 0.3) is 0 Å². The molecule has 0 saturated heterocycles. The van der Waals surface area contributed by atoms with Crippen LogP contribution in [0.1, 0.15) is 31.9 Å². The second-order valence-corrected chi connectivity index (χ2v) is 4.29. The van der Waals surface area contributed by atoms with E-state index >= 15 is 0 Å². The van der Waals surface area contributed by atoms with E-state index < -0.39 is 0 Å². The summed E-state index contributed by atoms with van der Waals surface area (Å²) in [6.07, 6.45) is 0.750. The molecule has 0 radical (unpaired) electrons. The average molecular weight is 392 g/mol. The molecule has 0 aliphatic rings. The molecule has 0 aliphatic carbocycles. The van der Waals surface area contributed by atoms with Crippen molar-refractivity contribution in [1.29, 1.82) is 0 Å². The number of aliphatic hydroxyl groups is 2. The molecule has 2 nitrogen and oxygen atoms in total. The number of hydrogen-bond acceptors (Lipinski definition) is 2. The van der Waals surface area contributed by atoms with Gasteiger partial charge in [-0.15, -0.1) is 0 Å². The fourth-order valence-corrected chi connectivity index (χ4v) is 1.11. The maximum atomic E-state index is 8.83. The minimum Gasteiger partial charge on any atom is -0.516 e. The molecule has 0 bridgehead atoms. The summed E-state index contributed by atoms with van der Waals surface area (Å²) >= 11 is 0. The van der Waals surface area contributed by atoms with Crippen molar-refractivity contribution in [3.8, 4) is 0 Å². The van der Waals surface area contributed by atoms with Crippen molar-refractivity contribution in [2.24, 2.45) is 0 Å². The minimum atomic E-state index is 0. The molecule has 2 N–H and O–H groups in total. The van der Waals surface area contributed by atoms with Crippen LogP contribution in [0, 0.1) is 0 Å². The Hall–Kier alpha value is -0.592. The first-order valence-corrected chi connectivity index (χ1v) is 4.91. The van der Waals surface area contributed by atoms with Gasteiger partial charge in [0.15, 0.2) is 0 Å². The van der Waals surface area contributed by atoms with Gasteiger partial charge in [-0.25, -0.2) is 0 Å².